The van der Waals surface area contributed by atoms with E-state index in [2.05, 4.69) is 11.6 Å². The van der Waals surface area contributed by atoms with Crippen LogP contribution in [0.3, 0.4) is 0 Å². The molecule has 0 saturated carbocycles. The minimum absolute atomic E-state index is 0.563. The number of rotatable bonds is 2. The first-order valence-corrected chi connectivity index (χ1v) is 2.62. The number of aliphatic imine (C=N–C) groups is 1. The Bertz CT molecular complexity index is 114. The summed E-state index contributed by atoms with van der Waals surface area (Å²) in [6, 6.07) is 0. The summed E-state index contributed by atoms with van der Waals surface area (Å²) >= 11 is 0. The van der Waals surface area contributed by atoms with E-state index in [1.807, 2.05) is 6.92 Å². The van der Waals surface area contributed by atoms with Crippen LogP contribution in [0, 0.1) is 0 Å². The second-order valence-electron chi connectivity index (χ2n) is 1.57. The van der Waals surface area contributed by atoms with Crippen LogP contribution in [0.15, 0.2) is 17.1 Å². The molecule has 0 aromatic heterocycles. The molecule has 2 N–H and O–H groups in total. The molecule has 0 atom stereocenters. The Kier molecular flexibility index (Phi) is 2.92. The van der Waals surface area contributed by atoms with Gasteiger partial charge >= 0.3 is 0 Å². The third kappa shape index (κ3) is 1.78. The molecular formula is C6H12N2. The Morgan fingerprint density at radius 2 is 2.25 bits per heavy atom. The van der Waals surface area contributed by atoms with Crippen LogP contribution in [-0.4, -0.2) is 12.9 Å². The van der Waals surface area contributed by atoms with Gasteiger partial charge in [-0.3, -0.25) is 4.99 Å². The number of nitrogens with zero attached hydrogens (tertiary/aromatic N) is 1. The fourth-order valence-corrected chi connectivity index (χ4v) is 0.339. The topological polar surface area (TPSA) is 38.4 Å². The van der Waals surface area contributed by atoms with Gasteiger partial charge in [0, 0.05) is 7.05 Å². The molecule has 0 fully saturated rings. The van der Waals surface area contributed by atoms with Gasteiger partial charge in [0.15, 0.2) is 0 Å². The van der Waals surface area contributed by atoms with E-state index in [1.165, 1.54) is 0 Å². The highest BCUT2D eigenvalue weighted by Gasteiger charge is 1.91. The zero-order valence-corrected chi connectivity index (χ0v) is 5.44. The number of hydrogen-bond acceptors (Lipinski definition) is 1. The van der Waals surface area contributed by atoms with Gasteiger partial charge in [-0.15, -0.1) is 0 Å². The molecule has 46 valence electrons. The van der Waals surface area contributed by atoms with Gasteiger partial charge < -0.3 is 5.73 Å². The summed E-state index contributed by atoms with van der Waals surface area (Å²) in [5.74, 6) is 0.563. The molecule has 0 saturated heterocycles. The summed E-state index contributed by atoms with van der Waals surface area (Å²) in [6.07, 6.45) is 0.878. The lowest BCUT2D eigenvalue weighted by Crippen LogP contribution is -2.12. The largest absolute Gasteiger partial charge is 0.384 e. The van der Waals surface area contributed by atoms with Gasteiger partial charge in [0.25, 0.3) is 0 Å². The minimum Gasteiger partial charge on any atom is -0.384 e. The second kappa shape index (κ2) is 3.24. The lowest BCUT2D eigenvalue weighted by molar-refractivity contribution is 1.16. The second-order valence-corrected chi connectivity index (χ2v) is 1.57. The molecule has 2 nitrogen and oxygen atoms in total. The summed E-state index contributed by atoms with van der Waals surface area (Å²) in [5, 5.41) is 0. The molecule has 0 rings (SSSR count). The molecule has 0 radical (unpaired) electrons. The lowest BCUT2D eigenvalue weighted by atomic mass is 10.2. The van der Waals surface area contributed by atoms with Crippen molar-refractivity contribution in [3.63, 3.8) is 0 Å². The normalized spacial score (nSPS) is 11.5. The highest BCUT2D eigenvalue weighted by molar-refractivity contribution is 5.96. The van der Waals surface area contributed by atoms with Gasteiger partial charge in [0.05, 0.1) is 0 Å². The van der Waals surface area contributed by atoms with Gasteiger partial charge in [0.2, 0.25) is 0 Å². The minimum atomic E-state index is 0.563. The third-order valence-electron chi connectivity index (χ3n) is 1.03. The highest BCUT2D eigenvalue weighted by atomic mass is 14.8. The first kappa shape index (κ1) is 7.21. The molecule has 0 bridgehead atoms. The van der Waals surface area contributed by atoms with Crippen LogP contribution in [-0.2, 0) is 0 Å². The van der Waals surface area contributed by atoms with Crippen LogP contribution >= 0.6 is 0 Å². The monoisotopic (exact) mass is 112 g/mol. The van der Waals surface area contributed by atoms with E-state index >= 15 is 0 Å². The maximum atomic E-state index is 5.38. The number of hydrogen-bond donors (Lipinski definition) is 1. The van der Waals surface area contributed by atoms with E-state index in [-0.39, 0.29) is 0 Å². The molecule has 2 heteroatoms. The first-order valence-electron chi connectivity index (χ1n) is 2.62. The Morgan fingerprint density at radius 1 is 1.75 bits per heavy atom. The molecule has 0 heterocycles. The molecule has 0 spiro atoms. The van der Waals surface area contributed by atoms with Crippen LogP contribution in [0.5, 0.6) is 0 Å². The fraction of sp³-hybridized carbons (Fsp3) is 0.500. The van der Waals surface area contributed by atoms with Crippen molar-refractivity contribution in [1.82, 2.24) is 0 Å². The summed E-state index contributed by atoms with van der Waals surface area (Å²) in [6.45, 7) is 5.69. The maximum Gasteiger partial charge on any atom is 0.120 e. The van der Waals surface area contributed by atoms with Gasteiger partial charge in [0.1, 0.15) is 5.84 Å². The van der Waals surface area contributed by atoms with E-state index < -0.39 is 0 Å². The molecule has 0 aromatic carbocycles. The van der Waals surface area contributed by atoms with Gasteiger partial charge in [-0.25, -0.2) is 0 Å². The molecule has 8 heavy (non-hydrogen) atoms. The molecule has 0 aliphatic carbocycles. The zero-order chi connectivity index (χ0) is 6.57. The van der Waals surface area contributed by atoms with E-state index in [4.69, 9.17) is 5.73 Å². The average molecular weight is 112 g/mol. The van der Waals surface area contributed by atoms with Crippen LogP contribution in [0.2, 0.25) is 0 Å². The highest BCUT2D eigenvalue weighted by Crippen LogP contribution is 1.93. The van der Waals surface area contributed by atoms with Crippen molar-refractivity contribution in [3.8, 4) is 0 Å². The van der Waals surface area contributed by atoms with Crippen LogP contribution in [0.25, 0.3) is 0 Å². The molecule has 0 aliphatic rings. The van der Waals surface area contributed by atoms with Gasteiger partial charge in [-0.1, -0.05) is 13.5 Å². The molecular weight excluding hydrogens is 100 g/mol. The first-order chi connectivity index (χ1) is 3.72. The van der Waals surface area contributed by atoms with E-state index in [0.717, 1.165) is 12.0 Å². The molecule has 0 aromatic rings. The summed E-state index contributed by atoms with van der Waals surface area (Å²) in [4.78, 5) is 3.75. The fourth-order valence-electron chi connectivity index (χ4n) is 0.339. The SMILES string of the molecule is C=C(CC)C(N)=NC. The van der Waals surface area contributed by atoms with Crippen molar-refractivity contribution < 1.29 is 0 Å². The van der Waals surface area contributed by atoms with Crippen molar-refractivity contribution in [1.29, 1.82) is 0 Å². The lowest BCUT2D eigenvalue weighted by Gasteiger charge is -1.96. The van der Waals surface area contributed by atoms with Crippen LogP contribution < -0.4 is 5.73 Å². The van der Waals surface area contributed by atoms with Gasteiger partial charge in [-0.2, -0.15) is 0 Å². The summed E-state index contributed by atoms with van der Waals surface area (Å²) < 4.78 is 0. The zero-order valence-electron chi connectivity index (χ0n) is 5.44. The van der Waals surface area contributed by atoms with E-state index in [1.54, 1.807) is 7.05 Å². The van der Waals surface area contributed by atoms with Crippen molar-refractivity contribution in [2.45, 2.75) is 13.3 Å². The number of amidine groups is 1. The van der Waals surface area contributed by atoms with E-state index in [0.29, 0.717) is 5.84 Å². The Labute approximate surface area is 50.1 Å². The predicted molar refractivity (Wildman–Crippen MR) is 37.0 cm³/mol. The summed E-state index contributed by atoms with van der Waals surface area (Å²) in [7, 11) is 1.66. The number of nitrogens with two attached hydrogens (primary N) is 1. The van der Waals surface area contributed by atoms with Gasteiger partial charge in [-0.05, 0) is 12.0 Å². The average Bonchev–Trinajstić information content (AvgIpc) is 1.84. The Hall–Kier alpha value is -0.790. The molecule has 0 amide bonds. The molecule has 0 aliphatic heterocycles. The third-order valence-corrected chi connectivity index (χ3v) is 1.03. The summed E-state index contributed by atoms with van der Waals surface area (Å²) in [5.41, 5.74) is 6.29. The smallest absolute Gasteiger partial charge is 0.120 e. The van der Waals surface area contributed by atoms with E-state index in [9.17, 15) is 0 Å². The van der Waals surface area contributed by atoms with Crippen LogP contribution in [0.1, 0.15) is 13.3 Å². The van der Waals surface area contributed by atoms with Crippen molar-refractivity contribution in [3.05, 3.63) is 12.2 Å². The quantitative estimate of drug-likeness (QED) is 0.419. The Balaban J connectivity index is 3.83. The standard InChI is InChI=1S/C6H12N2/c1-4-5(2)6(7)8-3/h2,4H2,1,3H3,(H2,7,8). The predicted octanol–water partition coefficient (Wildman–Crippen LogP) is 0.940. The van der Waals surface area contributed by atoms with Crippen LogP contribution in [0.4, 0.5) is 0 Å². The molecule has 0 unspecified atom stereocenters. The maximum absolute atomic E-state index is 5.38. The Morgan fingerprint density at radius 3 is 2.38 bits per heavy atom. The van der Waals surface area contributed by atoms with Crippen molar-refractivity contribution >= 4 is 5.84 Å². The van der Waals surface area contributed by atoms with Crippen molar-refractivity contribution in [2.75, 3.05) is 7.05 Å². The van der Waals surface area contributed by atoms with Crippen molar-refractivity contribution in [2.24, 2.45) is 10.7 Å².